The Bertz CT molecular complexity index is 2160. The summed E-state index contributed by atoms with van der Waals surface area (Å²) in [5, 5.41) is 87.6. The highest BCUT2D eigenvalue weighted by Crippen LogP contribution is 2.30. The number of nitrogens with one attached hydrogen (secondary N) is 1. The van der Waals surface area contributed by atoms with Crippen molar-refractivity contribution in [1.82, 2.24) is 5.32 Å². The van der Waals surface area contributed by atoms with Crippen LogP contribution in [0.2, 0.25) is 0 Å². The van der Waals surface area contributed by atoms with Crippen molar-refractivity contribution < 1.29 is 64.6 Å². The van der Waals surface area contributed by atoms with Crippen molar-refractivity contribution in [2.75, 3.05) is 19.8 Å². The van der Waals surface area contributed by atoms with E-state index in [1.165, 1.54) is 154 Å². The van der Waals surface area contributed by atoms with E-state index in [2.05, 4.69) is 141 Å². The van der Waals surface area contributed by atoms with Gasteiger partial charge in [-0.25, -0.2) is 0 Å². The normalized spacial score (nSPS) is 22.8. The summed E-state index contributed by atoms with van der Waals surface area (Å²) in [7, 11) is 0. The number of ether oxygens (including phenoxy) is 4. The van der Waals surface area contributed by atoms with Crippen LogP contribution < -0.4 is 5.32 Å². The van der Waals surface area contributed by atoms with Crippen molar-refractivity contribution in [1.29, 1.82) is 0 Å². The Morgan fingerprint density at radius 2 is 0.704 bits per heavy atom. The number of unbranched alkanes of at least 4 members (excludes halogenated alkanes) is 31. The molecule has 562 valence electrons. The predicted molar refractivity (Wildman–Crippen MR) is 405 cm³/mol. The number of rotatable bonds is 64. The van der Waals surface area contributed by atoms with Gasteiger partial charge in [-0.3, -0.25) is 4.79 Å². The fourth-order valence-corrected chi connectivity index (χ4v) is 12.1. The number of amides is 1. The number of carbonyl (C=O) groups excluding carboxylic acids is 1. The van der Waals surface area contributed by atoms with Gasteiger partial charge in [-0.05, 0) is 96.3 Å². The molecule has 2 aliphatic rings. The molecule has 2 saturated heterocycles. The lowest BCUT2D eigenvalue weighted by Crippen LogP contribution is -2.65. The summed E-state index contributed by atoms with van der Waals surface area (Å²) in [5.41, 5.74) is 0. The Morgan fingerprint density at radius 1 is 0.378 bits per heavy atom. The van der Waals surface area contributed by atoms with Gasteiger partial charge < -0.3 is 65.1 Å². The van der Waals surface area contributed by atoms with E-state index in [9.17, 15) is 45.6 Å². The molecule has 1 amide bonds. The van der Waals surface area contributed by atoms with Gasteiger partial charge in [0, 0.05) is 6.42 Å². The van der Waals surface area contributed by atoms with Crippen molar-refractivity contribution in [2.45, 2.75) is 370 Å². The zero-order valence-electron chi connectivity index (χ0n) is 61.5. The SMILES string of the molecule is CC/C=C\C/C=C\C/C=C\C/C=C\C/C=C\C/C=C\C/C=C\C/C=C\C/C=C\C/C=C\CCCCCCCCCCC(=O)NC(COC1OC(CO)C(OC2OC(CO)C(O)C(O)C2O)C(O)C1O)C(O)/C=C/CCCCCCCCCCCCCCCCCCCCCCCCC. The van der Waals surface area contributed by atoms with Gasteiger partial charge in [-0.15, -0.1) is 0 Å². The standard InChI is InChI=1S/C84H143NO13/c1-3-5-7-9-11-13-15-17-19-21-23-25-27-29-30-31-32-33-34-35-36-37-38-39-40-41-42-44-46-48-50-52-54-56-58-60-62-64-66-68-76(89)85-72(71-95-83-81(94)79(92)82(75(70-87)97-83)98-84-80(93)78(91)77(90)74(69-86)96-84)73(88)67-65-63-61-59-57-55-53-51-49-47-45-43-28-26-24-22-20-18-16-14-12-10-8-6-4-2/h5,7,11,13,17,19,23,25,29-30,32-33,35-36,38-39,41-42,46,48,65,67,72-75,77-84,86-88,90-94H,3-4,6,8-10,12,14-16,18,20-22,24,26-28,31,34,37,40,43-45,47,49-64,66,68-71H2,1-2H3,(H,85,89)/b7-5-,13-11-,19-17-,25-23-,30-29-,33-32-,36-35-,39-38-,42-41-,48-46-,67-65+. The molecule has 12 atom stereocenters. The molecule has 0 aromatic rings. The van der Waals surface area contributed by atoms with E-state index in [0.29, 0.717) is 6.42 Å². The lowest BCUT2D eigenvalue weighted by molar-refractivity contribution is -0.359. The highest BCUT2D eigenvalue weighted by atomic mass is 16.7. The molecule has 0 bridgehead atoms. The number of allylic oxidation sites excluding steroid dienone is 21. The van der Waals surface area contributed by atoms with Gasteiger partial charge >= 0.3 is 0 Å². The minimum absolute atomic E-state index is 0.250. The number of carbonyl (C=O) groups is 1. The molecule has 0 radical (unpaired) electrons. The van der Waals surface area contributed by atoms with Crippen LogP contribution in [0.4, 0.5) is 0 Å². The van der Waals surface area contributed by atoms with Gasteiger partial charge in [0.05, 0.1) is 32.0 Å². The Hall–Kier alpha value is -3.87. The first-order valence-corrected chi connectivity index (χ1v) is 39.4. The maximum Gasteiger partial charge on any atom is 0.220 e. The second-order valence-electron chi connectivity index (χ2n) is 27.1. The van der Waals surface area contributed by atoms with E-state index in [1.807, 2.05) is 6.08 Å². The summed E-state index contributed by atoms with van der Waals surface area (Å²) in [6.07, 6.45) is 82.2. The van der Waals surface area contributed by atoms with E-state index >= 15 is 0 Å². The van der Waals surface area contributed by atoms with Crippen LogP contribution in [0.15, 0.2) is 134 Å². The van der Waals surface area contributed by atoms with Crippen LogP contribution in [0.5, 0.6) is 0 Å². The maximum atomic E-state index is 13.4. The van der Waals surface area contributed by atoms with Crippen molar-refractivity contribution in [2.24, 2.45) is 0 Å². The smallest absolute Gasteiger partial charge is 0.220 e. The molecule has 2 fully saturated rings. The van der Waals surface area contributed by atoms with Gasteiger partial charge in [0.25, 0.3) is 0 Å². The first-order chi connectivity index (χ1) is 48.1. The van der Waals surface area contributed by atoms with Crippen LogP contribution >= 0.6 is 0 Å². The van der Waals surface area contributed by atoms with Gasteiger partial charge in [-0.1, -0.05) is 327 Å². The Balaban J connectivity index is 1.64. The summed E-state index contributed by atoms with van der Waals surface area (Å²) in [4.78, 5) is 13.4. The molecule has 12 unspecified atom stereocenters. The van der Waals surface area contributed by atoms with Gasteiger partial charge in [0.2, 0.25) is 5.91 Å². The van der Waals surface area contributed by atoms with Crippen molar-refractivity contribution in [3.8, 4) is 0 Å². The predicted octanol–water partition coefficient (Wildman–Crippen LogP) is 17.8. The fourth-order valence-electron chi connectivity index (χ4n) is 12.1. The van der Waals surface area contributed by atoms with E-state index in [0.717, 1.165) is 116 Å². The Morgan fingerprint density at radius 3 is 1.08 bits per heavy atom. The molecule has 0 saturated carbocycles. The van der Waals surface area contributed by atoms with Crippen LogP contribution in [-0.2, 0) is 23.7 Å². The number of aliphatic hydroxyl groups is 8. The zero-order chi connectivity index (χ0) is 70.8. The van der Waals surface area contributed by atoms with E-state index in [1.54, 1.807) is 6.08 Å². The zero-order valence-corrected chi connectivity index (χ0v) is 61.5. The van der Waals surface area contributed by atoms with Gasteiger partial charge in [0.15, 0.2) is 12.6 Å². The van der Waals surface area contributed by atoms with E-state index < -0.39 is 86.8 Å². The summed E-state index contributed by atoms with van der Waals surface area (Å²) < 4.78 is 22.9. The van der Waals surface area contributed by atoms with E-state index in [4.69, 9.17) is 18.9 Å². The molecule has 14 heteroatoms. The lowest BCUT2D eigenvalue weighted by Gasteiger charge is -2.46. The fraction of sp³-hybridized carbons (Fsp3) is 0.726. The number of aliphatic hydroxyl groups excluding tert-OH is 8. The third-order valence-corrected chi connectivity index (χ3v) is 18.3. The molecule has 14 nitrogen and oxygen atoms in total. The Kier molecular flexibility index (Phi) is 61.1. The topological polar surface area (TPSA) is 228 Å². The number of hydrogen-bond acceptors (Lipinski definition) is 13. The maximum absolute atomic E-state index is 13.4. The molecule has 0 aromatic heterocycles. The lowest BCUT2D eigenvalue weighted by atomic mass is 9.97. The highest BCUT2D eigenvalue weighted by molar-refractivity contribution is 5.76. The Labute approximate surface area is 596 Å². The molecule has 98 heavy (non-hydrogen) atoms. The molecule has 0 aliphatic carbocycles. The molecule has 2 rings (SSSR count). The largest absolute Gasteiger partial charge is 0.394 e. The van der Waals surface area contributed by atoms with Crippen LogP contribution in [0.25, 0.3) is 0 Å². The monoisotopic (exact) mass is 1370 g/mol. The van der Waals surface area contributed by atoms with Gasteiger partial charge in [-0.2, -0.15) is 0 Å². The second kappa shape index (κ2) is 66.4. The van der Waals surface area contributed by atoms with Crippen LogP contribution in [0.1, 0.15) is 296 Å². The summed E-state index contributed by atoms with van der Waals surface area (Å²) in [5.74, 6) is -0.250. The highest BCUT2D eigenvalue weighted by Gasteiger charge is 2.51. The molecule has 0 spiro atoms. The van der Waals surface area contributed by atoms with E-state index in [-0.39, 0.29) is 18.9 Å². The quantitative estimate of drug-likeness (QED) is 0.0204. The minimum atomic E-state index is -1.80. The van der Waals surface area contributed by atoms with Gasteiger partial charge in [0.1, 0.15) is 48.8 Å². The van der Waals surface area contributed by atoms with Crippen LogP contribution in [0.3, 0.4) is 0 Å². The van der Waals surface area contributed by atoms with Crippen LogP contribution in [0, 0.1) is 0 Å². The number of hydrogen-bond donors (Lipinski definition) is 9. The van der Waals surface area contributed by atoms with Crippen LogP contribution in [-0.4, -0.2) is 140 Å². The molecular formula is C84H143NO13. The molecule has 0 aromatic carbocycles. The average Bonchev–Trinajstić information content (AvgIpc) is 0.793. The van der Waals surface area contributed by atoms with Crippen molar-refractivity contribution in [3.63, 3.8) is 0 Å². The third kappa shape index (κ3) is 48.9. The first kappa shape index (κ1) is 90.2. The van der Waals surface area contributed by atoms with Crippen molar-refractivity contribution >= 4 is 5.91 Å². The third-order valence-electron chi connectivity index (χ3n) is 18.3. The first-order valence-electron chi connectivity index (χ1n) is 39.4. The minimum Gasteiger partial charge on any atom is -0.394 e. The summed E-state index contributed by atoms with van der Waals surface area (Å²) in [6, 6.07) is -0.930. The molecule has 9 N–H and O–H groups in total. The summed E-state index contributed by atoms with van der Waals surface area (Å²) >= 11 is 0. The molecule has 2 heterocycles. The molecular weight excluding hydrogens is 1230 g/mol. The average molecular weight is 1380 g/mol. The molecule has 2 aliphatic heterocycles. The summed E-state index contributed by atoms with van der Waals surface area (Å²) in [6.45, 7) is 2.70. The second-order valence-corrected chi connectivity index (χ2v) is 27.1. The van der Waals surface area contributed by atoms with Crippen molar-refractivity contribution in [3.05, 3.63) is 134 Å².